The van der Waals surface area contributed by atoms with Crippen molar-refractivity contribution >= 4 is 11.8 Å². The van der Waals surface area contributed by atoms with Crippen molar-refractivity contribution in [2.75, 3.05) is 0 Å². The first-order chi connectivity index (χ1) is 9.38. The van der Waals surface area contributed by atoms with E-state index in [9.17, 15) is 0 Å². The Morgan fingerprint density at radius 1 is 1.05 bits per heavy atom. The molecule has 0 unspecified atom stereocenters. The third-order valence-corrected chi connectivity index (χ3v) is 4.72. The molecule has 100 valence electrons. The lowest BCUT2D eigenvalue weighted by Gasteiger charge is -2.11. The highest BCUT2D eigenvalue weighted by Crippen LogP contribution is 2.39. The summed E-state index contributed by atoms with van der Waals surface area (Å²) in [6.07, 6.45) is 7.27. The fourth-order valence-corrected chi connectivity index (χ4v) is 3.78. The van der Waals surface area contributed by atoms with Crippen LogP contribution in [0.3, 0.4) is 0 Å². The maximum atomic E-state index is 6.18. The second-order valence-electron chi connectivity index (χ2n) is 5.14. The Bertz CT molecular complexity index is 542. The van der Waals surface area contributed by atoms with Gasteiger partial charge in [-0.05, 0) is 49.8 Å². The number of hydrogen-bond donors (Lipinski definition) is 0. The first kappa shape index (κ1) is 12.9. The van der Waals surface area contributed by atoms with E-state index in [2.05, 4.69) is 37.3 Å². The topological polar surface area (TPSA) is 13.1 Å². The summed E-state index contributed by atoms with van der Waals surface area (Å²) in [6.45, 7) is 2.22. The zero-order valence-corrected chi connectivity index (χ0v) is 12.3. The SMILES string of the molecule is CCCc1oc(Sc2ccccc2)c2c1CCCC2. The zero-order chi connectivity index (χ0) is 13.1. The second-order valence-corrected chi connectivity index (χ2v) is 6.19. The number of benzene rings is 1. The molecule has 1 heterocycles. The standard InChI is InChI=1S/C17H20OS/c1-2-8-16-14-11-6-7-12-15(14)17(18-16)19-13-9-4-3-5-10-13/h3-5,9-10H,2,6-8,11-12H2,1H3. The van der Waals surface area contributed by atoms with Crippen LogP contribution in [0.1, 0.15) is 43.1 Å². The van der Waals surface area contributed by atoms with Crippen molar-refractivity contribution in [3.63, 3.8) is 0 Å². The molecular formula is C17H20OS. The van der Waals surface area contributed by atoms with E-state index >= 15 is 0 Å². The normalized spacial score (nSPS) is 14.4. The zero-order valence-electron chi connectivity index (χ0n) is 11.4. The summed E-state index contributed by atoms with van der Waals surface area (Å²) < 4.78 is 6.18. The van der Waals surface area contributed by atoms with Crippen molar-refractivity contribution in [2.45, 2.75) is 55.4 Å². The van der Waals surface area contributed by atoms with Crippen LogP contribution in [0.25, 0.3) is 0 Å². The van der Waals surface area contributed by atoms with Gasteiger partial charge in [0, 0.05) is 16.9 Å². The van der Waals surface area contributed by atoms with Crippen molar-refractivity contribution in [3.8, 4) is 0 Å². The van der Waals surface area contributed by atoms with Crippen molar-refractivity contribution < 1.29 is 4.42 Å². The number of hydrogen-bond acceptors (Lipinski definition) is 2. The van der Waals surface area contributed by atoms with Gasteiger partial charge < -0.3 is 4.42 Å². The van der Waals surface area contributed by atoms with Crippen LogP contribution in [-0.2, 0) is 19.3 Å². The van der Waals surface area contributed by atoms with Crippen molar-refractivity contribution in [3.05, 3.63) is 47.2 Å². The van der Waals surface area contributed by atoms with Gasteiger partial charge in [-0.3, -0.25) is 0 Å². The molecule has 3 rings (SSSR count). The monoisotopic (exact) mass is 272 g/mol. The molecule has 0 spiro atoms. The molecule has 0 atom stereocenters. The first-order valence-electron chi connectivity index (χ1n) is 7.24. The Kier molecular flexibility index (Phi) is 3.97. The predicted molar refractivity (Wildman–Crippen MR) is 79.9 cm³/mol. The molecule has 0 saturated heterocycles. The molecule has 1 aromatic heterocycles. The van der Waals surface area contributed by atoms with E-state index < -0.39 is 0 Å². The Morgan fingerprint density at radius 2 is 1.79 bits per heavy atom. The van der Waals surface area contributed by atoms with Crippen LogP contribution in [0.4, 0.5) is 0 Å². The minimum atomic E-state index is 1.08. The quantitative estimate of drug-likeness (QED) is 0.753. The first-order valence-corrected chi connectivity index (χ1v) is 8.06. The minimum absolute atomic E-state index is 1.08. The highest BCUT2D eigenvalue weighted by atomic mass is 32.2. The van der Waals surface area contributed by atoms with Gasteiger partial charge >= 0.3 is 0 Å². The summed E-state index contributed by atoms with van der Waals surface area (Å²) in [5, 5.41) is 1.14. The molecule has 0 amide bonds. The van der Waals surface area contributed by atoms with Gasteiger partial charge in [0.25, 0.3) is 0 Å². The lowest BCUT2D eigenvalue weighted by Crippen LogP contribution is -2.02. The molecule has 0 aliphatic heterocycles. The molecular weight excluding hydrogens is 252 g/mol. The Morgan fingerprint density at radius 3 is 2.53 bits per heavy atom. The molecule has 0 radical (unpaired) electrons. The van der Waals surface area contributed by atoms with Crippen LogP contribution >= 0.6 is 11.8 Å². The van der Waals surface area contributed by atoms with E-state index in [0.717, 1.165) is 17.9 Å². The molecule has 0 bridgehead atoms. The van der Waals surface area contributed by atoms with Gasteiger partial charge in [-0.1, -0.05) is 36.9 Å². The van der Waals surface area contributed by atoms with Crippen LogP contribution in [0.2, 0.25) is 0 Å². The van der Waals surface area contributed by atoms with Gasteiger partial charge in [0.2, 0.25) is 0 Å². The molecule has 19 heavy (non-hydrogen) atoms. The highest BCUT2D eigenvalue weighted by molar-refractivity contribution is 7.99. The van der Waals surface area contributed by atoms with E-state index in [1.165, 1.54) is 47.5 Å². The average Bonchev–Trinajstić information content (AvgIpc) is 2.79. The van der Waals surface area contributed by atoms with Crippen molar-refractivity contribution in [1.82, 2.24) is 0 Å². The minimum Gasteiger partial charge on any atom is -0.454 e. The number of furan rings is 1. The maximum absolute atomic E-state index is 6.18. The number of rotatable bonds is 4. The Labute approximate surface area is 119 Å². The summed E-state index contributed by atoms with van der Waals surface area (Å²) in [7, 11) is 0. The van der Waals surface area contributed by atoms with E-state index in [1.807, 2.05) is 0 Å². The second kappa shape index (κ2) is 5.87. The Balaban J connectivity index is 1.92. The van der Waals surface area contributed by atoms with Crippen LogP contribution in [-0.4, -0.2) is 0 Å². The van der Waals surface area contributed by atoms with Gasteiger partial charge in [-0.25, -0.2) is 0 Å². The third kappa shape index (κ3) is 2.74. The van der Waals surface area contributed by atoms with Crippen molar-refractivity contribution in [1.29, 1.82) is 0 Å². The average molecular weight is 272 g/mol. The molecule has 0 N–H and O–H groups in total. The van der Waals surface area contributed by atoms with E-state index in [0.29, 0.717) is 0 Å². The summed E-state index contributed by atoms with van der Waals surface area (Å²) in [5.41, 5.74) is 3.01. The summed E-state index contributed by atoms with van der Waals surface area (Å²) >= 11 is 1.78. The van der Waals surface area contributed by atoms with Crippen molar-refractivity contribution in [2.24, 2.45) is 0 Å². The van der Waals surface area contributed by atoms with Gasteiger partial charge in [0.15, 0.2) is 5.09 Å². The molecule has 1 aliphatic rings. The summed E-state index contributed by atoms with van der Waals surface area (Å²) in [6, 6.07) is 10.5. The summed E-state index contributed by atoms with van der Waals surface area (Å²) in [5.74, 6) is 1.25. The van der Waals surface area contributed by atoms with Crippen LogP contribution in [0, 0.1) is 0 Å². The van der Waals surface area contributed by atoms with E-state index in [1.54, 1.807) is 11.8 Å². The molecule has 0 fully saturated rings. The molecule has 1 aromatic carbocycles. The number of fused-ring (bicyclic) bond motifs is 1. The Hall–Kier alpha value is -1.15. The highest BCUT2D eigenvalue weighted by Gasteiger charge is 2.22. The molecule has 2 heteroatoms. The van der Waals surface area contributed by atoms with E-state index in [4.69, 9.17) is 4.42 Å². The molecule has 2 aromatic rings. The number of aryl methyl sites for hydroxylation is 1. The lowest BCUT2D eigenvalue weighted by molar-refractivity contribution is 0.424. The van der Waals surface area contributed by atoms with Gasteiger partial charge in [-0.2, -0.15) is 0 Å². The largest absolute Gasteiger partial charge is 0.454 e. The molecule has 1 aliphatic carbocycles. The fourth-order valence-electron chi connectivity index (χ4n) is 2.78. The van der Waals surface area contributed by atoms with Crippen LogP contribution in [0.5, 0.6) is 0 Å². The summed E-state index contributed by atoms with van der Waals surface area (Å²) in [4.78, 5) is 1.27. The van der Waals surface area contributed by atoms with Crippen LogP contribution < -0.4 is 0 Å². The third-order valence-electron chi connectivity index (χ3n) is 3.70. The van der Waals surface area contributed by atoms with Gasteiger partial charge in [-0.15, -0.1) is 0 Å². The fraction of sp³-hybridized carbons (Fsp3) is 0.412. The van der Waals surface area contributed by atoms with Gasteiger partial charge in [0.05, 0.1) is 0 Å². The van der Waals surface area contributed by atoms with Crippen LogP contribution in [0.15, 0.2) is 44.7 Å². The molecule has 1 nitrogen and oxygen atoms in total. The van der Waals surface area contributed by atoms with Gasteiger partial charge in [0.1, 0.15) is 5.76 Å². The van der Waals surface area contributed by atoms with E-state index in [-0.39, 0.29) is 0 Å². The molecule has 0 saturated carbocycles. The smallest absolute Gasteiger partial charge is 0.168 e. The predicted octanol–water partition coefficient (Wildman–Crippen LogP) is 5.26. The maximum Gasteiger partial charge on any atom is 0.168 e. The lowest BCUT2D eigenvalue weighted by atomic mass is 9.93.